The van der Waals surface area contributed by atoms with Crippen molar-refractivity contribution in [2.75, 3.05) is 29.9 Å². The molecule has 0 radical (unpaired) electrons. The first-order valence-corrected chi connectivity index (χ1v) is 6.54. The fourth-order valence-corrected chi connectivity index (χ4v) is 1.87. The molecule has 0 saturated heterocycles. The van der Waals surface area contributed by atoms with E-state index >= 15 is 0 Å². The van der Waals surface area contributed by atoms with E-state index in [0.29, 0.717) is 0 Å². The van der Waals surface area contributed by atoms with E-state index in [1.165, 1.54) is 12.8 Å². The second kappa shape index (κ2) is 7.09. The van der Waals surface area contributed by atoms with Gasteiger partial charge < -0.3 is 10.2 Å². The minimum atomic E-state index is 0.887. The van der Waals surface area contributed by atoms with Crippen LogP contribution in [0.2, 0.25) is 0 Å². The van der Waals surface area contributed by atoms with E-state index < -0.39 is 0 Å². The molecule has 0 bridgehead atoms. The quantitative estimate of drug-likeness (QED) is 0.790. The van der Waals surface area contributed by atoms with E-state index in [2.05, 4.69) is 47.9 Å². The minimum absolute atomic E-state index is 0.887. The van der Waals surface area contributed by atoms with Gasteiger partial charge in [-0.1, -0.05) is 13.3 Å². The molecule has 0 aliphatic carbocycles. The first-order valence-electron chi connectivity index (χ1n) is 6.54. The maximum atomic E-state index is 4.42. The maximum absolute atomic E-state index is 4.42. The van der Waals surface area contributed by atoms with Crippen LogP contribution in [0, 0.1) is 6.92 Å². The van der Waals surface area contributed by atoms with Crippen molar-refractivity contribution in [1.29, 1.82) is 0 Å². The van der Waals surface area contributed by atoms with E-state index in [-0.39, 0.29) is 0 Å². The second-order valence-electron chi connectivity index (χ2n) is 4.13. The number of aromatic nitrogens is 2. The van der Waals surface area contributed by atoms with Gasteiger partial charge in [0.1, 0.15) is 18.0 Å². The molecule has 96 valence electrons. The van der Waals surface area contributed by atoms with Gasteiger partial charge in [0.05, 0.1) is 0 Å². The van der Waals surface area contributed by atoms with Gasteiger partial charge in [-0.3, -0.25) is 0 Å². The Bertz CT molecular complexity index is 338. The number of nitrogens with one attached hydrogen (secondary N) is 1. The molecular weight excluding hydrogens is 212 g/mol. The lowest BCUT2D eigenvalue weighted by molar-refractivity contribution is 0.720. The Morgan fingerprint density at radius 2 is 2.00 bits per heavy atom. The molecule has 0 aliphatic rings. The van der Waals surface area contributed by atoms with Gasteiger partial charge in [0.15, 0.2) is 0 Å². The zero-order chi connectivity index (χ0) is 12.7. The SMILES string of the molecule is CCCCN(CC)c1ncnc(NCC)c1C. The van der Waals surface area contributed by atoms with Gasteiger partial charge in [-0.25, -0.2) is 9.97 Å². The number of rotatable bonds is 7. The Morgan fingerprint density at radius 3 is 2.59 bits per heavy atom. The van der Waals surface area contributed by atoms with E-state index in [0.717, 1.165) is 36.8 Å². The summed E-state index contributed by atoms with van der Waals surface area (Å²) in [4.78, 5) is 11.0. The first-order chi connectivity index (χ1) is 8.24. The van der Waals surface area contributed by atoms with Crippen LogP contribution in [0.5, 0.6) is 0 Å². The summed E-state index contributed by atoms with van der Waals surface area (Å²) in [5, 5.41) is 3.27. The van der Waals surface area contributed by atoms with Gasteiger partial charge in [-0.2, -0.15) is 0 Å². The Kier molecular flexibility index (Phi) is 5.73. The molecule has 0 unspecified atom stereocenters. The number of hydrogen-bond acceptors (Lipinski definition) is 4. The van der Waals surface area contributed by atoms with Crippen LogP contribution in [-0.4, -0.2) is 29.6 Å². The maximum Gasteiger partial charge on any atom is 0.137 e. The summed E-state index contributed by atoms with van der Waals surface area (Å²) in [6.45, 7) is 11.5. The van der Waals surface area contributed by atoms with E-state index in [4.69, 9.17) is 0 Å². The third kappa shape index (κ3) is 3.58. The minimum Gasteiger partial charge on any atom is -0.370 e. The lowest BCUT2D eigenvalue weighted by atomic mass is 10.2. The van der Waals surface area contributed by atoms with Crippen LogP contribution in [0.4, 0.5) is 11.6 Å². The predicted octanol–water partition coefficient (Wildman–Crippen LogP) is 2.84. The summed E-state index contributed by atoms with van der Waals surface area (Å²) in [5.41, 5.74) is 1.15. The summed E-state index contributed by atoms with van der Waals surface area (Å²) in [6.07, 6.45) is 4.06. The van der Waals surface area contributed by atoms with Gasteiger partial charge in [-0.05, 0) is 27.2 Å². The molecule has 1 rings (SSSR count). The van der Waals surface area contributed by atoms with Gasteiger partial charge in [0, 0.05) is 25.2 Å². The molecule has 4 nitrogen and oxygen atoms in total. The molecule has 1 aromatic heterocycles. The largest absolute Gasteiger partial charge is 0.370 e. The Labute approximate surface area is 104 Å². The summed E-state index contributed by atoms with van der Waals surface area (Å²) < 4.78 is 0. The highest BCUT2D eigenvalue weighted by molar-refractivity contribution is 5.57. The molecular formula is C13H24N4. The van der Waals surface area contributed by atoms with Gasteiger partial charge in [-0.15, -0.1) is 0 Å². The lowest BCUT2D eigenvalue weighted by Gasteiger charge is -2.24. The molecule has 0 fully saturated rings. The molecule has 17 heavy (non-hydrogen) atoms. The molecule has 0 spiro atoms. The lowest BCUT2D eigenvalue weighted by Crippen LogP contribution is -2.26. The van der Waals surface area contributed by atoms with Crippen LogP contribution >= 0.6 is 0 Å². The van der Waals surface area contributed by atoms with Crippen LogP contribution in [-0.2, 0) is 0 Å². The zero-order valence-corrected chi connectivity index (χ0v) is 11.5. The van der Waals surface area contributed by atoms with Crippen LogP contribution in [0.15, 0.2) is 6.33 Å². The summed E-state index contributed by atoms with van der Waals surface area (Å²) >= 11 is 0. The number of anilines is 2. The van der Waals surface area contributed by atoms with Crippen LogP contribution in [0.1, 0.15) is 39.2 Å². The van der Waals surface area contributed by atoms with Crippen LogP contribution < -0.4 is 10.2 Å². The van der Waals surface area contributed by atoms with Crippen molar-refractivity contribution in [3.63, 3.8) is 0 Å². The Morgan fingerprint density at radius 1 is 1.24 bits per heavy atom. The van der Waals surface area contributed by atoms with Gasteiger partial charge in [0.25, 0.3) is 0 Å². The Balaban J connectivity index is 2.90. The third-order valence-electron chi connectivity index (χ3n) is 2.86. The van der Waals surface area contributed by atoms with Gasteiger partial charge in [0.2, 0.25) is 0 Å². The average Bonchev–Trinajstić information content (AvgIpc) is 2.34. The van der Waals surface area contributed by atoms with Crippen molar-refractivity contribution >= 4 is 11.6 Å². The highest BCUT2D eigenvalue weighted by Gasteiger charge is 2.11. The van der Waals surface area contributed by atoms with Crippen molar-refractivity contribution in [2.24, 2.45) is 0 Å². The molecule has 0 saturated carbocycles. The number of nitrogens with zero attached hydrogens (tertiary/aromatic N) is 3. The van der Waals surface area contributed by atoms with Crippen molar-refractivity contribution in [3.8, 4) is 0 Å². The standard InChI is InChI=1S/C13H24N4/c1-5-8-9-17(7-3)13-11(4)12(14-6-2)15-10-16-13/h10H,5-9H2,1-4H3,(H,14,15,16). The normalized spacial score (nSPS) is 10.4. The summed E-state index contributed by atoms with van der Waals surface area (Å²) in [7, 11) is 0. The zero-order valence-electron chi connectivity index (χ0n) is 11.5. The molecule has 0 atom stereocenters. The molecule has 0 aliphatic heterocycles. The fourth-order valence-electron chi connectivity index (χ4n) is 1.87. The molecule has 0 aromatic carbocycles. The van der Waals surface area contributed by atoms with E-state index in [9.17, 15) is 0 Å². The topological polar surface area (TPSA) is 41.1 Å². The molecule has 4 heteroatoms. The molecule has 0 amide bonds. The number of unbranched alkanes of at least 4 members (excludes halogenated alkanes) is 1. The van der Waals surface area contributed by atoms with Crippen molar-refractivity contribution in [3.05, 3.63) is 11.9 Å². The van der Waals surface area contributed by atoms with Crippen molar-refractivity contribution < 1.29 is 0 Å². The summed E-state index contributed by atoms with van der Waals surface area (Å²) in [5.74, 6) is 2.01. The highest BCUT2D eigenvalue weighted by Crippen LogP contribution is 2.22. The highest BCUT2D eigenvalue weighted by atomic mass is 15.2. The molecule has 1 N–H and O–H groups in total. The second-order valence-corrected chi connectivity index (χ2v) is 4.13. The van der Waals surface area contributed by atoms with Crippen molar-refractivity contribution in [1.82, 2.24) is 9.97 Å². The average molecular weight is 236 g/mol. The number of hydrogen-bond donors (Lipinski definition) is 1. The smallest absolute Gasteiger partial charge is 0.137 e. The fraction of sp³-hybridized carbons (Fsp3) is 0.692. The summed E-state index contributed by atoms with van der Waals surface area (Å²) in [6, 6.07) is 0. The van der Waals surface area contributed by atoms with Crippen LogP contribution in [0.25, 0.3) is 0 Å². The van der Waals surface area contributed by atoms with Crippen LogP contribution in [0.3, 0.4) is 0 Å². The molecule has 1 aromatic rings. The Hall–Kier alpha value is -1.32. The van der Waals surface area contributed by atoms with E-state index in [1.54, 1.807) is 6.33 Å². The monoisotopic (exact) mass is 236 g/mol. The molecule has 1 heterocycles. The van der Waals surface area contributed by atoms with Crippen molar-refractivity contribution in [2.45, 2.75) is 40.5 Å². The third-order valence-corrected chi connectivity index (χ3v) is 2.86. The predicted molar refractivity (Wildman–Crippen MR) is 73.7 cm³/mol. The van der Waals surface area contributed by atoms with Gasteiger partial charge >= 0.3 is 0 Å². The van der Waals surface area contributed by atoms with E-state index in [1.807, 2.05) is 0 Å². The first kappa shape index (κ1) is 13.7.